The van der Waals surface area contributed by atoms with E-state index in [9.17, 15) is 4.79 Å². The summed E-state index contributed by atoms with van der Waals surface area (Å²) in [7, 11) is 1.59. The van der Waals surface area contributed by atoms with Gasteiger partial charge in [0.1, 0.15) is 0 Å². The maximum absolute atomic E-state index is 12.7. The van der Waals surface area contributed by atoms with Crippen LogP contribution in [0.2, 0.25) is 0 Å². The molecule has 0 radical (unpaired) electrons. The van der Waals surface area contributed by atoms with E-state index >= 15 is 0 Å². The summed E-state index contributed by atoms with van der Waals surface area (Å²) in [6.45, 7) is 8.63. The van der Waals surface area contributed by atoms with Gasteiger partial charge >= 0.3 is 5.97 Å². The van der Waals surface area contributed by atoms with Crippen LogP contribution in [-0.4, -0.2) is 36.7 Å². The highest BCUT2D eigenvalue weighted by Gasteiger charge is 2.67. The molecule has 1 spiro atoms. The van der Waals surface area contributed by atoms with Gasteiger partial charge in [-0.2, -0.15) is 0 Å². The average Bonchev–Trinajstić information content (AvgIpc) is 3.23. The fraction of sp³-hybridized carbons (Fsp3) is 0.579. The van der Waals surface area contributed by atoms with Crippen molar-refractivity contribution in [2.45, 2.75) is 45.3 Å². The van der Waals surface area contributed by atoms with Crippen molar-refractivity contribution in [2.75, 3.05) is 19.0 Å². The van der Waals surface area contributed by atoms with Crippen molar-refractivity contribution < 1.29 is 14.3 Å². The molecule has 5 nitrogen and oxygen atoms in total. The van der Waals surface area contributed by atoms with Gasteiger partial charge in [0.2, 0.25) is 5.90 Å². The minimum atomic E-state index is -0.843. The number of para-hydroxylation sites is 1. The van der Waals surface area contributed by atoms with Crippen LogP contribution in [0.3, 0.4) is 0 Å². The Morgan fingerprint density at radius 1 is 1.33 bits per heavy atom. The van der Waals surface area contributed by atoms with Crippen LogP contribution in [0.15, 0.2) is 35.3 Å². The summed E-state index contributed by atoms with van der Waals surface area (Å²) in [6.07, 6.45) is 0.693. The summed E-state index contributed by atoms with van der Waals surface area (Å²) in [4.78, 5) is 17.4. The molecule has 5 heteroatoms. The normalized spacial score (nSPS) is 32.1. The molecule has 3 atom stereocenters. The number of hydrogen-bond acceptors (Lipinski definition) is 5. The molecule has 2 aliphatic rings. The lowest BCUT2D eigenvalue weighted by Crippen LogP contribution is -2.57. The van der Waals surface area contributed by atoms with E-state index in [0.717, 1.165) is 5.69 Å². The molecular weight excluding hydrogens is 304 g/mol. The van der Waals surface area contributed by atoms with Gasteiger partial charge in [0, 0.05) is 23.6 Å². The van der Waals surface area contributed by atoms with Crippen LogP contribution in [-0.2, 0) is 14.3 Å². The first-order valence-electron chi connectivity index (χ1n) is 8.39. The number of anilines is 1. The molecule has 24 heavy (non-hydrogen) atoms. The average molecular weight is 330 g/mol. The Morgan fingerprint density at radius 3 is 2.58 bits per heavy atom. The Hall–Kier alpha value is -2.04. The van der Waals surface area contributed by atoms with E-state index in [1.807, 2.05) is 58.0 Å². The van der Waals surface area contributed by atoms with Gasteiger partial charge in [0.05, 0.1) is 7.11 Å². The Balaban J connectivity index is 1.78. The van der Waals surface area contributed by atoms with Crippen molar-refractivity contribution in [2.24, 2.45) is 16.3 Å². The second-order valence-electron chi connectivity index (χ2n) is 7.87. The number of carbonyl (C=O) groups is 1. The molecule has 1 aromatic carbocycles. The molecule has 0 amide bonds. The van der Waals surface area contributed by atoms with Crippen LogP contribution >= 0.6 is 0 Å². The van der Waals surface area contributed by atoms with E-state index in [4.69, 9.17) is 14.5 Å². The molecule has 1 saturated carbocycles. The highest BCUT2D eigenvalue weighted by atomic mass is 16.6. The molecule has 1 N–H and O–H groups in total. The molecule has 1 aliphatic heterocycles. The minimum absolute atomic E-state index is 0.125. The summed E-state index contributed by atoms with van der Waals surface area (Å²) >= 11 is 0. The number of nitrogens with zero attached hydrogens (tertiary/aromatic N) is 1. The third kappa shape index (κ3) is 2.56. The van der Waals surface area contributed by atoms with Gasteiger partial charge in [0.25, 0.3) is 0 Å². The Bertz CT molecular complexity index is 665. The number of methoxy groups -OCH3 is 1. The van der Waals surface area contributed by atoms with Crippen LogP contribution in [0.25, 0.3) is 0 Å². The van der Waals surface area contributed by atoms with E-state index in [-0.39, 0.29) is 17.3 Å². The van der Waals surface area contributed by atoms with Crippen molar-refractivity contribution in [1.82, 2.24) is 0 Å². The van der Waals surface area contributed by atoms with Crippen molar-refractivity contribution in [1.29, 1.82) is 0 Å². The zero-order valence-electron chi connectivity index (χ0n) is 15.1. The van der Waals surface area contributed by atoms with Crippen LogP contribution in [0.1, 0.15) is 34.1 Å². The molecule has 0 saturated heterocycles. The van der Waals surface area contributed by atoms with Crippen LogP contribution in [0.5, 0.6) is 0 Å². The van der Waals surface area contributed by atoms with Gasteiger partial charge in [-0.25, -0.2) is 9.79 Å². The largest absolute Gasteiger partial charge is 0.481 e. The third-order valence-electron chi connectivity index (χ3n) is 5.38. The Labute approximate surface area is 143 Å². The molecular formula is C19H26N2O3. The number of rotatable bonds is 3. The van der Waals surface area contributed by atoms with Crippen molar-refractivity contribution >= 4 is 17.6 Å². The molecule has 1 heterocycles. The number of ether oxygens (including phenoxy) is 2. The predicted octanol–water partition coefficient (Wildman–Crippen LogP) is 3.26. The molecule has 0 aromatic heterocycles. The second kappa shape index (κ2) is 5.50. The minimum Gasteiger partial charge on any atom is -0.481 e. The standard InChI is InChI=1S/C19H26N2O3/c1-17(2,3)18(4)15(23-5)21-19(16(22)24-18)11-13(19)12-20-14-9-7-6-8-10-14/h6-10,13,20H,11-12H2,1-5H3/t13-,18-,19-/m1/s1. The fourth-order valence-corrected chi connectivity index (χ4v) is 3.11. The molecule has 0 bridgehead atoms. The number of esters is 1. The number of benzene rings is 1. The summed E-state index contributed by atoms with van der Waals surface area (Å²) in [5.74, 6) is 0.400. The van der Waals surface area contributed by atoms with E-state index in [1.54, 1.807) is 7.11 Å². The third-order valence-corrected chi connectivity index (χ3v) is 5.38. The summed E-state index contributed by atoms with van der Waals surface area (Å²) in [5, 5.41) is 3.36. The van der Waals surface area contributed by atoms with Crippen LogP contribution < -0.4 is 5.32 Å². The van der Waals surface area contributed by atoms with E-state index in [0.29, 0.717) is 18.9 Å². The molecule has 130 valence electrons. The number of hydrogen-bond donors (Lipinski definition) is 1. The van der Waals surface area contributed by atoms with Gasteiger partial charge in [0.15, 0.2) is 11.1 Å². The van der Waals surface area contributed by atoms with Gasteiger partial charge in [-0.15, -0.1) is 0 Å². The first-order valence-corrected chi connectivity index (χ1v) is 8.39. The zero-order chi connectivity index (χ0) is 17.6. The van der Waals surface area contributed by atoms with Crippen LogP contribution in [0.4, 0.5) is 5.69 Å². The predicted molar refractivity (Wildman–Crippen MR) is 94.2 cm³/mol. The highest BCUT2D eigenvalue weighted by Crippen LogP contribution is 2.53. The van der Waals surface area contributed by atoms with Gasteiger partial charge in [-0.3, -0.25) is 0 Å². The molecule has 1 fully saturated rings. The summed E-state index contributed by atoms with van der Waals surface area (Å²) < 4.78 is 11.4. The lowest BCUT2D eigenvalue weighted by Gasteiger charge is -2.44. The van der Waals surface area contributed by atoms with E-state index in [1.165, 1.54) is 0 Å². The second-order valence-corrected chi connectivity index (χ2v) is 7.87. The molecule has 1 aromatic rings. The summed E-state index contributed by atoms with van der Waals surface area (Å²) in [5.41, 5.74) is -0.882. The zero-order valence-corrected chi connectivity index (χ0v) is 15.1. The molecule has 0 unspecified atom stereocenters. The number of carbonyl (C=O) groups excluding carboxylic acids is 1. The topological polar surface area (TPSA) is 59.9 Å². The number of aliphatic imine (C=N–C) groups is 1. The Kier molecular flexibility index (Phi) is 3.85. The quantitative estimate of drug-likeness (QED) is 0.864. The fourth-order valence-electron chi connectivity index (χ4n) is 3.11. The monoisotopic (exact) mass is 330 g/mol. The van der Waals surface area contributed by atoms with Crippen molar-refractivity contribution in [3.05, 3.63) is 30.3 Å². The molecule has 1 aliphatic carbocycles. The van der Waals surface area contributed by atoms with E-state index < -0.39 is 11.1 Å². The van der Waals surface area contributed by atoms with E-state index in [2.05, 4.69) is 5.32 Å². The number of cyclic esters (lactones) is 1. The van der Waals surface area contributed by atoms with Gasteiger partial charge in [-0.1, -0.05) is 39.0 Å². The maximum Gasteiger partial charge on any atom is 0.335 e. The Morgan fingerprint density at radius 2 is 2.00 bits per heavy atom. The van der Waals surface area contributed by atoms with Gasteiger partial charge in [-0.05, 0) is 25.5 Å². The lowest BCUT2D eigenvalue weighted by atomic mass is 9.76. The van der Waals surface area contributed by atoms with Gasteiger partial charge < -0.3 is 14.8 Å². The molecule has 3 rings (SSSR count). The van der Waals surface area contributed by atoms with Crippen molar-refractivity contribution in [3.63, 3.8) is 0 Å². The highest BCUT2D eigenvalue weighted by molar-refractivity contribution is 5.98. The SMILES string of the molecule is COC1=N[C@@]2(C[C@@H]2CNc2ccccc2)C(=O)O[C@@]1(C)C(C)(C)C. The van der Waals surface area contributed by atoms with Crippen molar-refractivity contribution in [3.8, 4) is 0 Å². The first kappa shape index (κ1) is 16.8. The first-order chi connectivity index (χ1) is 11.2. The summed E-state index contributed by atoms with van der Waals surface area (Å²) in [6, 6.07) is 9.96. The van der Waals surface area contributed by atoms with Crippen LogP contribution in [0, 0.1) is 11.3 Å². The number of nitrogens with one attached hydrogen (secondary N) is 1. The maximum atomic E-state index is 12.7. The lowest BCUT2D eigenvalue weighted by molar-refractivity contribution is -0.168. The smallest absolute Gasteiger partial charge is 0.335 e.